The van der Waals surface area contributed by atoms with E-state index in [1.54, 1.807) is 6.07 Å². The van der Waals surface area contributed by atoms with Gasteiger partial charge in [0.15, 0.2) is 5.16 Å². The molecule has 0 saturated carbocycles. The molecule has 0 radical (unpaired) electrons. The molecular formula is C18H19BrN4O3S2. The summed E-state index contributed by atoms with van der Waals surface area (Å²) >= 11 is 4.73. The van der Waals surface area contributed by atoms with E-state index >= 15 is 0 Å². The highest BCUT2D eigenvalue weighted by Gasteiger charge is 2.15. The minimum Gasteiger partial charge on any atom is -0.325 e. The number of nitrogens with one attached hydrogen (secondary N) is 1. The van der Waals surface area contributed by atoms with Crippen LogP contribution in [0.25, 0.3) is 11.0 Å². The summed E-state index contributed by atoms with van der Waals surface area (Å²) in [5, 5.41) is 8.70. The summed E-state index contributed by atoms with van der Waals surface area (Å²) in [5.74, 6) is 0.0344. The predicted octanol–water partition coefficient (Wildman–Crippen LogP) is 3.51. The zero-order valence-electron chi connectivity index (χ0n) is 15.3. The molecule has 0 fully saturated rings. The molecule has 1 heterocycles. The van der Waals surface area contributed by atoms with Gasteiger partial charge in [0.1, 0.15) is 0 Å². The molecule has 0 unspecified atom stereocenters. The highest BCUT2D eigenvalue weighted by molar-refractivity contribution is 9.10. The second kappa shape index (κ2) is 8.24. The molecule has 3 N–H and O–H groups in total. The highest BCUT2D eigenvalue weighted by Crippen LogP contribution is 2.26. The van der Waals surface area contributed by atoms with Crippen LogP contribution in [-0.2, 0) is 21.4 Å². The summed E-state index contributed by atoms with van der Waals surface area (Å²) in [6, 6.07) is 10.2. The number of sulfonamides is 1. The molecule has 0 aliphatic rings. The average Bonchev–Trinajstić information content (AvgIpc) is 2.99. The number of aromatic nitrogens is 2. The summed E-state index contributed by atoms with van der Waals surface area (Å²) in [6.07, 6.45) is 0. The van der Waals surface area contributed by atoms with Gasteiger partial charge in [-0.1, -0.05) is 27.7 Å². The van der Waals surface area contributed by atoms with E-state index in [-0.39, 0.29) is 16.6 Å². The maximum absolute atomic E-state index is 12.3. The number of imidazole rings is 1. The van der Waals surface area contributed by atoms with Crippen LogP contribution in [0.2, 0.25) is 0 Å². The van der Waals surface area contributed by atoms with E-state index in [4.69, 9.17) is 5.14 Å². The zero-order valence-corrected chi connectivity index (χ0v) is 18.5. The van der Waals surface area contributed by atoms with E-state index in [1.165, 1.54) is 23.9 Å². The standard InChI is InChI=1S/C18H19BrN4O3S2/c1-3-23-16-7-5-13(28(20,25)26)9-15(16)22-18(23)27-10-17(24)21-12-4-6-14(19)11(2)8-12/h4-9H,3,10H2,1-2H3,(H,21,24)(H2,20,25,26). The SMILES string of the molecule is CCn1c(SCC(=O)Nc2ccc(Br)c(C)c2)nc2cc(S(N)(=O)=O)ccc21. The number of amides is 1. The molecule has 28 heavy (non-hydrogen) atoms. The fourth-order valence-electron chi connectivity index (χ4n) is 2.73. The number of hydrogen-bond donors (Lipinski definition) is 2. The number of thioether (sulfide) groups is 1. The lowest BCUT2D eigenvalue weighted by atomic mass is 10.2. The lowest BCUT2D eigenvalue weighted by molar-refractivity contribution is -0.113. The first-order chi connectivity index (χ1) is 13.2. The highest BCUT2D eigenvalue weighted by atomic mass is 79.9. The van der Waals surface area contributed by atoms with Crippen LogP contribution in [0.4, 0.5) is 5.69 Å². The van der Waals surface area contributed by atoms with E-state index in [2.05, 4.69) is 26.2 Å². The molecule has 0 bridgehead atoms. The monoisotopic (exact) mass is 482 g/mol. The molecule has 0 aliphatic carbocycles. The summed E-state index contributed by atoms with van der Waals surface area (Å²) in [4.78, 5) is 16.8. The molecule has 7 nitrogen and oxygen atoms in total. The zero-order chi connectivity index (χ0) is 20.5. The lowest BCUT2D eigenvalue weighted by Crippen LogP contribution is -2.14. The van der Waals surface area contributed by atoms with Crippen molar-refractivity contribution in [1.82, 2.24) is 9.55 Å². The van der Waals surface area contributed by atoms with Gasteiger partial charge in [-0.15, -0.1) is 0 Å². The molecule has 3 rings (SSSR count). The molecule has 0 atom stereocenters. The van der Waals surface area contributed by atoms with Crippen LogP contribution in [-0.4, -0.2) is 29.6 Å². The van der Waals surface area contributed by atoms with Crippen molar-refractivity contribution in [2.45, 2.75) is 30.4 Å². The number of aryl methyl sites for hydroxylation is 2. The largest absolute Gasteiger partial charge is 0.325 e. The van der Waals surface area contributed by atoms with Gasteiger partial charge in [-0.05, 0) is 55.8 Å². The van der Waals surface area contributed by atoms with Crippen molar-refractivity contribution < 1.29 is 13.2 Å². The van der Waals surface area contributed by atoms with Crippen LogP contribution in [0.5, 0.6) is 0 Å². The van der Waals surface area contributed by atoms with Gasteiger partial charge >= 0.3 is 0 Å². The number of nitrogens with zero attached hydrogens (tertiary/aromatic N) is 2. The lowest BCUT2D eigenvalue weighted by Gasteiger charge is -2.08. The third-order valence-electron chi connectivity index (χ3n) is 4.10. The Morgan fingerprint density at radius 1 is 1.29 bits per heavy atom. The Morgan fingerprint density at radius 2 is 2.04 bits per heavy atom. The number of primary sulfonamides is 1. The van der Waals surface area contributed by atoms with Crippen molar-refractivity contribution in [3.63, 3.8) is 0 Å². The topological polar surface area (TPSA) is 107 Å². The first-order valence-corrected chi connectivity index (χ1v) is 11.7. The number of fused-ring (bicyclic) bond motifs is 1. The maximum Gasteiger partial charge on any atom is 0.238 e. The number of carbonyl (C=O) groups is 1. The predicted molar refractivity (Wildman–Crippen MR) is 115 cm³/mol. The number of nitrogens with two attached hydrogens (primary N) is 1. The van der Waals surface area contributed by atoms with E-state index in [9.17, 15) is 13.2 Å². The van der Waals surface area contributed by atoms with Crippen LogP contribution in [0.15, 0.2) is 50.9 Å². The van der Waals surface area contributed by atoms with Crippen molar-refractivity contribution in [2.24, 2.45) is 5.14 Å². The van der Waals surface area contributed by atoms with Gasteiger partial charge < -0.3 is 9.88 Å². The summed E-state index contributed by atoms with van der Waals surface area (Å²) < 4.78 is 26.0. The van der Waals surface area contributed by atoms with Crippen LogP contribution < -0.4 is 10.5 Å². The minimum absolute atomic E-state index is 0.0145. The molecule has 0 saturated heterocycles. The van der Waals surface area contributed by atoms with Crippen molar-refractivity contribution in [1.29, 1.82) is 0 Å². The van der Waals surface area contributed by atoms with Crippen molar-refractivity contribution in [3.05, 3.63) is 46.4 Å². The van der Waals surface area contributed by atoms with E-state index in [0.29, 0.717) is 17.2 Å². The van der Waals surface area contributed by atoms with Gasteiger partial charge in [0.05, 0.1) is 21.7 Å². The first kappa shape index (κ1) is 20.8. The Morgan fingerprint density at radius 3 is 2.68 bits per heavy atom. The maximum atomic E-state index is 12.3. The minimum atomic E-state index is -3.80. The molecule has 2 aromatic carbocycles. The van der Waals surface area contributed by atoms with Crippen molar-refractivity contribution in [3.8, 4) is 0 Å². The van der Waals surface area contributed by atoms with Crippen LogP contribution in [0.1, 0.15) is 12.5 Å². The third kappa shape index (κ3) is 4.57. The molecule has 1 amide bonds. The van der Waals surface area contributed by atoms with Crippen LogP contribution in [0, 0.1) is 6.92 Å². The second-order valence-corrected chi connectivity index (χ2v) is 9.49. The van der Waals surface area contributed by atoms with E-state index < -0.39 is 10.0 Å². The second-order valence-electron chi connectivity index (χ2n) is 6.13. The normalized spacial score (nSPS) is 11.7. The molecule has 0 spiro atoms. The number of carbonyl (C=O) groups excluding carboxylic acids is 1. The molecule has 1 aromatic heterocycles. The fraction of sp³-hybridized carbons (Fsp3) is 0.222. The Balaban J connectivity index is 1.77. The van der Waals surface area contributed by atoms with Crippen LogP contribution in [0.3, 0.4) is 0 Å². The van der Waals surface area contributed by atoms with Gasteiger partial charge in [-0.3, -0.25) is 4.79 Å². The summed E-state index contributed by atoms with van der Waals surface area (Å²) in [7, 11) is -3.80. The van der Waals surface area contributed by atoms with Crippen LogP contribution >= 0.6 is 27.7 Å². The Kier molecular flexibility index (Phi) is 6.13. The first-order valence-electron chi connectivity index (χ1n) is 8.41. The molecule has 10 heteroatoms. The Labute approximate surface area is 175 Å². The number of halogens is 1. The molecular weight excluding hydrogens is 464 g/mol. The fourth-order valence-corrected chi connectivity index (χ4v) is 4.39. The average molecular weight is 483 g/mol. The van der Waals surface area contributed by atoms with Crippen molar-refractivity contribution >= 4 is 60.3 Å². The molecule has 148 valence electrons. The smallest absolute Gasteiger partial charge is 0.238 e. The van der Waals surface area contributed by atoms with Gasteiger partial charge in [-0.25, -0.2) is 18.5 Å². The summed E-state index contributed by atoms with van der Waals surface area (Å²) in [6.45, 7) is 4.55. The quantitative estimate of drug-likeness (QED) is 0.522. The van der Waals surface area contributed by atoms with Gasteiger partial charge in [0, 0.05) is 16.7 Å². The van der Waals surface area contributed by atoms with E-state index in [0.717, 1.165) is 21.2 Å². The summed E-state index contributed by atoms with van der Waals surface area (Å²) in [5.41, 5.74) is 3.08. The number of hydrogen-bond acceptors (Lipinski definition) is 5. The molecule has 3 aromatic rings. The Bertz CT molecular complexity index is 1160. The number of anilines is 1. The number of benzene rings is 2. The van der Waals surface area contributed by atoms with E-state index in [1.807, 2.05) is 36.6 Å². The van der Waals surface area contributed by atoms with Gasteiger partial charge in [0.2, 0.25) is 15.9 Å². The van der Waals surface area contributed by atoms with Crippen molar-refractivity contribution in [2.75, 3.05) is 11.1 Å². The molecule has 0 aliphatic heterocycles. The van der Waals surface area contributed by atoms with Gasteiger partial charge in [0.25, 0.3) is 0 Å². The van der Waals surface area contributed by atoms with Gasteiger partial charge in [-0.2, -0.15) is 0 Å². The third-order valence-corrected chi connectivity index (χ3v) is 6.88. The number of rotatable bonds is 6. The Hall–Kier alpha value is -1.88.